The number of aliphatic hydroxyl groups is 11. The molecule has 3 aliphatic rings. The molecule has 1 amide bonds. The molecule has 0 aromatic rings. The van der Waals surface area contributed by atoms with Gasteiger partial charge in [0.1, 0.15) is 73.2 Å². The van der Waals surface area contributed by atoms with Crippen LogP contribution in [0.5, 0.6) is 0 Å². The highest BCUT2D eigenvalue weighted by atomic mass is 16.8. The minimum atomic E-state index is -1.97. The maximum Gasteiger partial charge on any atom is 0.220 e. The minimum absolute atomic E-state index is 0.238. The number of aliphatic hydroxyl groups excluding tert-OH is 11. The maximum atomic E-state index is 13.4. The third-order valence-electron chi connectivity index (χ3n) is 16.4. The molecule has 0 bridgehead atoms. The molecule has 3 heterocycles. The summed E-state index contributed by atoms with van der Waals surface area (Å²) in [5.74, 6) is -0.238. The zero-order valence-electron chi connectivity index (χ0n) is 48.9. The number of hydrogen-bond donors (Lipinski definition) is 12. The van der Waals surface area contributed by atoms with E-state index in [-0.39, 0.29) is 18.9 Å². The lowest BCUT2D eigenvalue weighted by molar-refractivity contribution is -0.379. The molecule has 79 heavy (non-hydrogen) atoms. The van der Waals surface area contributed by atoms with Crippen LogP contribution < -0.4 is 5.32 Å². The van der Waals surface area contributed by atoms with Gasteiger partial charge in [-0.25, -0.2) is 0 Å². The van der Waals surface area contributed by atoms with Gasteiger partial charge in [-0.15, -0.1) is 0 Å². The van der Waals surface area contributed by atoms with Crippen molar-refractivity contribution in [2.75, 3.05) is 26.4 Å². The molecule has 0 saturated carbocycles. The van der Waals surface area contributed by atoms with Crippen molar-refractivity contribution < 1.29 is 89.4 Å². The first-order valence-corrected chi connectivity index (χ1v) is 31.8. The van der Waals surface area contributed by atoms with Crippen molar-refractivity contribution in [1.29, 1.82) is 0 Å². The number of rotatable bonds is 48. The lowest BCUT2D eigenvalue weighted by Gasteiger charge is -2.48. The van der Waals surface area contributed by atoms with Crippen LogP contribution in [-0.2, 0) is 33.2 Å². The Morgan fingerprint density at radius 2 is 0.722 bits per heavy atom. The van der Waals surface area contributed by atoms with Crippen molar-refractivity contribution in [2.45, 2.75) is 349 Å². The van der Waals surface area contributed by atoms with Crippen LogP contribution in [0.15, 0.2) is 0 Å². The van der Waals surface area contributed by atoms with Crippen LogP contribution in [0.3, 0.4) is 0 Å². The van der Waals surface area contributed by atoms with E-state index in [1.54, 1.807) is 0 Å². The average Bonchev–Trinajstić information content (AvgIpc) is 3.49. The fourth-order valence-corrected chi connectivity index (χ4v) is 11.2. The second-order valence-corrected chi connectivity index (χ2v) is 23.2. The number of carbonyl (C=O) groups is 1. The molecule has 17 atom stereocenters. The summed E-state index contributed by atoms with van der Waals surface area (Å²) in [6.07, 6.45) is 16.2. The zero-order valence-corrected chi connectivity index (χ0v) is 48.9. The van der Waals surface area contributed by atoms with E-state index in [1.807, 2.05) is 0 Å². The molecule has 0 spiro atoms. The molecule has 0 aromatic heterocycles. The van der Waals surface area contributed by atoms with Gasteiger partial charge in [-0.2, -0.15) is 0 Å². The summed E-state index contributed by atoms with van der Waals surface area (Å²) < 4.78 is 34.3. The van der Waals surface area contributed by atoms with Crippen molar-refractivity contribution >= 4 is 5.91 Å². The van der Waals surface area contributed by atoms with Crippen LogP contribution in [0.4, 0.5) is 0 Å². The van der Waals surface area contributed by atoms with Gasteiger partial charge < -0.3 is 89.9 Å². The van der Waals surface area contributed by atoms with E-state index >= 15 is 0 Å². The van der Waals surface area contributed by atoms with Crippen molar-refractivity contribution in [3.05, 3.63) is 0 Å². The highest BCUT2D eigenvalue weighted by molar-refractivity contribution is 5.76. The van der Waals surface area contributed by atoms with Crippen LogP contribution in [0.2, 0.25) is 0 Å². The monoisotopic (exact) mass is 1140 g/mol. The first-order chi connectivity index (χ1) is 38.3. The maximum absolute atomic E-state index is 13.4. The zero-order chi connectivity index (χ0) is 57.6. The molecule has 0 aliphatic carbocycles. The largest absolute Gasteiger partial charge is 0.394 e. The summed E-state index contributed by atoms with van der Waals surface area (Å²) in [4.78, 5) is 13.4. The fraction of sp³-hybridized carbons (Fsp3) is 0.983. The van der Waals surface area contributed by atoms with Gasteiger partial charge in [-0.3, -0.25) is 4.79 Å². The second-order valence-electron chi connectivity index (χ2n) is 23.2. The lowest BCUT2D eigenvalue weighted by atomic mass is 9.96. The fourth-order valence-electron chi connectivity index (χ4n) is 11.2. The van der Waals surface area contributed by atoms with Gasteiger partial charge in [0, 0.05) is 6.42 Å². The van der Waals surface area contributed by atoms with Crippen molar-refractivity contribution in [3.8, 4) is 0 Å². The van der Waals surface area contributed by atoms with Crippen LogP contribution in [0.25, 0.3) is 0 Å². The third-order valence-corrected chi connectivity index (χ3v) is 16.4. The predicted molar refractivity (Wildman–Crippen MR) is 300 cm³/mol. The number of hydrogen-bond acceptors (Lipinski definition) is 18. The summed E-state index contributed by atoms with van der Waals surface area (Å²) in [5.41, 5.74) is 0. The number of amides is 1. The summed E-state index contributed by atoms with van der Waals surface area (Å²) >= 11 is 0. The van der Waals surface area contributed by atoms with E-state index in [9.17, 15) is 61.0 Å². The highest BCUT2D eigenvalue weighted by Gasteiger charge is 2.53. The smallest absolute Gasteiger partial charge is 0.220 e. The Kier molecular flexibility index (Phi) is 40.4. The van der Waals surface area contributed by atoms with E-state index in [1.165, 1.54) is 167 Å². The molecular formula is C60H115NO18. The number of ether oxygens (including phenoxy) is 6. The molecule has 19 nitrogen and oxygen atoms in total. The van der Waals surface area contributed by atoms with E-state index in [4.69, 9.17) is 28.4 Å². The Morgan fingerprint density at radius 1 is 0.405 bits per heavy atom. The minimum Gasteiger partial charge on any atom is -0.394 e. The first-order valence-electron chi connectivity index (χ1n) is 31.8. The van der Waals surface area contributed by atoms with Crippen LogP contribution >= 0.6 is 0 Å². The Morgan fingerprint density at radius 3 is 1.10 bits per heavy atom. The molecule has 0 radical (unpaired) electrons. The Hall–Kier alpha value is -1.21. The second kappa shape index (κ2) is 44.3. The Bertz CT molecular complexity index is 1450. The molecule has 3 rings (SSSR count). The quantitative estimate of drug-likeness (QED) is 0.0294. The molecular weight excluding hydrogens is 1020 g/mol. The van der Waals surface area contributed by atoms with E-state index in [0.29, 0.717) is 12.8 Å². The molecule has 468 valence electrons. The Labute approximate surface area is 474 Å². The summed E-state index contributed by atoms with van der Waals surface area (Å²) in [5, 5.41) is 120. The van der Waals surface area contributed by atoms with Crippen molar-refractivity contribution in [2.24, 2.45) is 0 Å². The molecule has 0 aromatic carbocycles. The van der Waals surface area contributed by atoms with Crippen LogP contribution in [0.1, 0.15) is 245 Å². The third kappa shape index (κ3) is 28.0. The van der Waals surface area contributed by atoms with Crippen LogP contribution in [-0.4, -0.2) is 193 Å². The number of carbonyl (C=O) groups excluding carboxylic acids is 1. The first kappa shape index (κ1) is 72.1. The SMILES string of the molecule is CCCCCCCCCCCCCCCCCCCCCCCCC(=O)NC(COC1OC(CO)C(OC2OC(CO)C(OC3OC(CO)C(O)C(O)C3O)C(O)C2O)C(O)C1O)C(O)CCCCCCCCCCCCCC. The standard InChI is InChI=1S/C60H115NO18/c1-3-5-7-9-11-13-15-17-18-19-20-21-22-23-24-25-26-28-30-32-34-36-38-48(66)61-43(44(65)37-35-33-31-29-27-16-14-12-10-8-6-4-2)42-74-58-54(72)51(69)56(46(40-63)76-58)79-60-55(73)52(70)57(47(41-64)77-60)78-59-53(71)50(68)49(67)45(39-62)75-59/h43-47,49-60,62-65,67-73H,3-42H2,1-2H3,(H,61,66). The summed E-state index contributed by atoms with van der Waals surface area (Å²) in [6, 6.07) is -0.879. The van der Waals surface area contributed by atoms with Gasteiger partial charge in [0.05, 0.1) is 38.6 Å². The molecule has 12 N–H and O–H groups in total. The van der Waals surface area contributed by atoms with Gasteiger partial charge in [0.25, 0.3) is 0 Å². The molecule has 3 fully saturated rings. The lowest BCUT2D eigenvalue weighted by Crippen LogP contribution is -2.66. The molecule has 19 heteroatoms. The summed E-state index contributed by atoms with van der Waals surface area (Å²) in [6.45, 7) is 1.81. The van der Waals surface area contributed by atoms with Crippen molar-refractivity contribution in [1.82, 2.24) is 5.32 Å². The van der Waals surface area contributed by atoms with Gasteiger partial charge in [0.2, 0.25) is 5.91 Å². The van der Waals surface area contributed by atoms with E-state index in [2.05, 4.69) is 19.2 Å². The molecule has 3 aliphatic heterocycles. The van der Waals surface area contributed by atoms with Gasteiger partial charge in [-0.05, 0) is 12.8 Å². The highest BCUT2D eigenvalue weighted by Crippen LogP contribution is 2.33. The van der Waals surface area contributed by atoms with Gasteiger partial charge >= 0.3 is 0 Å². The number of unbranched alkanes of at least 4 members (excludes halogenated alkanes) is 32. The van der Waals surface area contributed by atoms with E-state index < -0.39 is 124 Å². The van der Waals surface area contributed by atoms with Gasteiger partial charge in [-0.1, -0.05) is 226 Å². The Balaban J connectivity index is 1.44. The predicted octanol–water partition coefficient (Wildman–Crippen LogP) is 6.38. The summed E-state index contributed by atoms with van der Waals surface area (Å²) in [7, 11) is 0. The average molecular weight is 1140 g/mol. The normalized spacial score (nSPS) is 30.2. The number of nitrogens with one attached hydrogen (secondary N) is 1. The molecule has 3 saturated heterocycles. The van der Waals surface area contributed by atoms with Crippen LogP contribution in [0, 0.1) is 0 Å². The van der Waals surface area contributed by atoms with Gasteiger partial charge in [0.15, 0.2) is 18.9 Å². The molecule has 17 unspecified atom stereocenters. The topological polar surface area (TPSA) is 307 Å². The van der Waals surface area contributed by atoms with E-state index in [0.717, 1.165) is 44.9 Å². The van der Waals surface area contributed by atoms with Crippen molar-refractivity contribution in [3.63, 3.8) is 0 Å².